The lowest BCUT2D eigenvalue weighted by Gasteiger charge is -2.26. The molecule has 0 spiro atoms. The highest BCUT2D eigenvalue weighted by Gasteiger charge is 2.41. The van der Waals surface area contributed by atoms with Crippen LogP contribution >= 0.6 is 0 Å². The van der Waals surface area contributed by atoms with Crippen molar-refractivity contribution in [3.05, 3.63) is 71.8 Å². The molecule has 134 valence electrons. The number of likely N-dealkylation sites (tertiary alicyclic amines) is 1. The smallest absolute Gasteiger partial charge is 0.348 e. The highest BCUT2D eigenvalue weighted by Crippen LogP contribution is 2.30. The summed E-state index contributed by atoms with van der Waals surface area (Å²) in [6.45, 7) is 3.08. The van der Waals surface area contributed by atoms with Crippen LogP contribution in [-0.4, -0.2) is 37.3 Å². The number of carbonyl (C=O) groups is 1. The quantitative estimate of drug-likeness (QED) is 0.628. The summed E-state index contributed by atoms with van der Waals surface area (Å²) in [7, 11) is 0. The molecule has 3 rings (SSSR count). The Morgan fingerprint density at radius 2 is 1.50 bits per heavy atom. The SMILES string of the molecule is O=C(OCC#CC[NH+]1CCCC1)C(O)(c1ccccc1)c1ccccc1. The van der Waals surface area contributed by atoms with Crippen molar-refractivity contribution in [3.63, 3.8) is 0 Å². The molecular formula is C22H24NO3+. The normalized spacial score (nSPS) is 14.5. The van der Waals surface area contributed by atoms with Gasteiger partial charge in [0, 0.05) is 12.8 Å². The highest BCUT2D eigenvalue weighted by atomic mass is 16.5. The van der Waals surface area contributed by atoms with Gasteiger partial charge in [0.25, 0.3) is 0 Å². The number of esters is 1. The molecule has 1 aliphatic rings. The first-order chi connectivity index (χ1) is 12.7. The average Bonchev–Trinajstić information content (AvgIpc) is 3.22. The molecule has 1 heterocycles. The van der Waals surface area contributed by atoms with E-state index in [1.54, 1.807) is 48.5 Å². The number of quaternary nitrogens is 1. The second-order valence-corrected chi connectivity index (χ2v) is 6.51. The number of rotatable bonds is 5. The molecule has 4 nitrogen and oxygen atoms in total. The monoisotopic (exact) mass is 350 g/mol. The van der Waals surface area contributed by atoms with Gasteiger partial charge in [0.1, 0.15) is 6.54 Å². The third-order valence-electron chi connectivity index (χ3n) is 4.73. The van der Waals surface area contributed by atoms with Crippen molar-refractivity contribution < 1.29 is 19.5 Å². The van der Waals surface area contributed by atoms with Crippen molar-refractivity contribution in [2.24, 2.45) is 0 Å². The van der Waals surface area contributed by atoms with Crippen LogP contribution in [0.25, 0.3) is 0 Å². The average molecular weight is 350 g/mol. The van der Waals surface area contributed by atoms with Gasteiger partial charge >= 0.3 is 5.97 Å². The number of hydrogen-bond acceptors (Lipinski definition) is 3. The zero-order valence-corrected chi connectivity index (χ0v) is 14.8. The van der Waals surface area contributed by atoms with E-state index in [9.17, 15) is 9.90 Å². The van der Waals surface area contributed by atoms with E-state index in [1.165, 1.54) is 17.7 Å². The molecule has 0 aromatic heterocycles. The predicted octanol–water partition coefficient (Wildman–Crippen LogP) is 1.15. The molecule has 2 aromatic carbocycles. The van der Waals surface area contributed by atoms with Gasteiger partial charge in [0.05, 0.1) is 13.1 Å². The molecule has 0 radical (unpaired) electrons. The number of benzene rings is 2. The zero-order chi connectivity index (χ0) is 18.2. The Labute approximate surface area is 154 Å². The summed E-state index contributed by atoms with van der Waals surface area (Å²) in [6.07, 6.45) is 2.51. The van der Waals surface area contributed by atoms with Crippen LogP contribution in [0.2, 0.25) is 0 Å². The fraction of sp³-hybridized carbons (Fsp3) is 0.318. The molecule has 2 aromatic rings. The predicted molar refractivity (Wildman–Crippen MR) is 99.4 cm³/mol. The van der Waals surface area contributed by atoms with Crippen LogP contribution in [0.5, 0.6) is 0 Å². The molecule has 1 fully saturated rings. The Kier molecular flexibility index (Phi) is 6.06. The summed E-state index contributed by atoms with van der Waals surface area (Å²) in [6, 6.07) is 17.7. The lowest BCUT2D eigenvalue weighted by Crippen LogP contribution is -3.09. The van der Waals surface area contributed by atoms with E-state index < -0.39 is 11.6 Å². The number of carbonyl (C=O) groups excluding carboxylic acids is 1. The fourth-order valence-electron chi connectivity index (χ4n) is 3.26. The minimum absolute atomic E-state index is 0.0198. The number of nitrogens with one attached hydrogen (secondary N) is 1. The van der Waals surface area contributed by atoms with Crippen LogP contribution in [0, 0.1) is 11.8 Å². The van der Waals surface area contributed by atoms with E-state index in [4.69, 9.17) is 4.74 Å². The Morgan fingerprint density at radius 3 is 2.04 bits per heavy atom. The van der Waals surface area contributed by atoms with Crippen molar-refractivity contribution in [2.45, 2.75) is 18.4 Å². The summed E-state index contributed by atoms with van der Waals surface area (Å²) in [5, 5.41) is 11.2. The van der Waals surface area contributed by atoms with E-state index in [2.05, 4.69) is 11.8 Å². The molecule has 1 aliphatic heterocycles. The lowest BCUT2D eigenvalue weighted by atomic mass is 9.86. The van der Waals surface area contributed by atoms with Crippen molar-refractivity contribution in [2.75, 3.05) is 26.2 Å². The van der Waals surface area contributed by atoms with Gasteiger partial charge < -0.3 is 14.7 Å². The van der Waals surface area contributed by atoms with E-state index >= 15 is 0 Å². The van der Waals surface area contributed by atoms with Crippen LogP contribution in [0.3, 0.4) is 0 Å². The Morgan fingerprint density at radius 1 is 0.962 bits per heavy atom. The zero-order valence-electron chi connectivity index (χ0n) is 14.8. The Hall–Kier alpha value is -2.61. The summed E-state index contributed by atoms with van der Waals surface area (Å²) in [5.74, 6) is 5.25. The molecule has 0 bridgehead atoms. The maximum absolute atomic E-state index is 12.7. The van der Waals surface area contributed by atoms with Gasteiger partial charge in [0.15, 0.2) is 6.61 Å². The maximum Gasteiger partial charge on any atom is 0.348 e. The van der Waals surface area contributed by atoms with Gasteiger partial charge in [-0.3, -0.25) is 0 Å². The number of aliphatic hydroxyl groups is 1. The molecule has 1 saturated heterocycles. The second kappa shape index (κ2) is 8.66. The minimum atomic E-state index is -1.84. The van der Waals surface area contributed by atoms with Gasteiger partial charge in [-0.2, -0.15) is 0 Å². The van der Waals surface area contributed by atoms with Gasteiger partial charge in [-0.05, 0) is 17.0 Å². The van der Waals surface area contributed by atoms with Crippen LogP contribution in [0.4, 0.5) is 0 Å². The van der Waals surface area contributed by atoms with Gasteiger partial charge in [-0.25, -0.2) is 4.79 Å². The van der Waals surface area contributed by atoms with Crippen molar-refractivity contribution >= 4 is 5.97 Å². The molecule has 0 atom stereocenters. The van der Waals surface area contributed by atoms with Gasteiger partial charge in [-0.1, -0.05) is 66.6 Å². The Bertz CT molecular complexity index is 732. The van der Waals surface area contributed by atoms with Crippen LogP contribution < -0.4 is 4.90 Å². The lowest BCUT2D eigenvalue weighted by molar-refractivity contribution is -0.879. The first-order valence-corrected chi connectivity index (χ1v) is 9.01. The van der Waals surface area contributed by atoms with Crippen LogP contribution in [0.15, 0.2) is 60.7 Å². The van der Waals surface area contributed by atoms with E-state index in [0.29, 0.717) is 11.1 Å². The van der Waals surface area contributed by atoms with Crippen molar-refractivity contribution in [3.8, 4) is 11.8 Å². The third kappa shape index (κ3) is 4.13. The highest BCUT2D eigenvalue weighted by molar-refractivity contribution is 5.85. The largest absolute Gasteiger partial charge is 0.450 e. The van der Waals surface area contributed by atoms with E-state index in [-0.39, 0.29) is 6.61 Å². The Balaban J connectivity index is 1.71. The molecule has 0 unspecified atom stereocenters. The standard InChI is InChI=1S/C22H23NO3/c24-21(26-18-10-9-17-23-15-7-8-16-23)22(25,19-11-3-1-4-12-19)20-13-5-2-6-14-20/h1-6,11-14,25H,7-8,15-18H2/p+1. The summed E-state index contributed by atoms with van der Waals surface area (Å²) < 4.78 is 5.31. The molecule has 4 heteroatoms. The molecule has 0 saturated carbocycles. The van der Waals surface area contributed by atoms with Crippen molar-refractivity contribution in [1.82, 2.24) is 0 Å². The van der Waals surface area contributed by atoms with Crippen molar-refractivity contribution in [1.29, 1.82) is 0 Å². The molecule has 0 aliphatic carbocycles. The van der Waals surface area contributed by atoms with E-state index in [0.717, 1.165) is 19.6 Å². The summed E-state index contributed by atoms with van der Waals surface area (Å²) in [4.78, 5) is 14.2. The number of ether oxygens (including phenoxy) is 1. The maximum atomic E-state index is 12.7. The molecular weight excluding hydrogens is 326 g/mol. The molecule has 0 amide bonds. The van der Waals surface area contributed by atoms with Crippen LogP contribution in [-0.2, 0) is 15.1 Å². The summed E-state index contributed by atoms with van der Waals surface area (Å²) in [5.41, 5.74) is -0.888. The van der Waals surface area contributed by atoms with Crippen LogP contribution in [0.1, 0.15) is 24.0 Å². The number of hydrogen-bond donors (Lipinski definition) is 2. The van der Waals surface area contributed by atoms with E-state index in [1.807, 2.05) is 12.1 Å². The first kappa shape index (κ1) is 18.2. The minimum Gasteiger partial charge on any atom is -0.450 e. The van der Waals surface area contributed by atoms with Gasteiger partial charge in [-0.15, -0.1) is 0 Å². The first-order valence-electron chi connectivity index (χ1n) is 9.01. The molecule has 2 N–H and O–H groups in total. The third-order valence-corrected chi connectivity index (χ3v) is 4.73. The topological polar surface area (TPSA) is 51.0 Å². The molecule has 26 heavy (non-hydrogen) atoms. The summed E-state index contributed by atoms with van der Waals surface area (Å²) >= 11 is 0. The second-order valence-electron chi connectivity index (χ2n) is 6.51. The fourth-order valence-corrected chi connectivity index (χ4v) is 3.26. The van der Waals surface area contributed by atoms with Gasteiger partial charge in [0.2, 0.25) is 5.60 Å².